The van der Waals surface area contributed by atoms with E-state index >= 15 is 0 Å². The van der Waals surface area contributed by atoms with Gasteiger partial charge in [0.1, 0.15) is 5.75 Å². The Balaban J connectivity index is 0.00000133. The first-order valence-corrected chi connectivity index (χ1v) is 6.30. The minimum atomic E-state index is 0. The first-order valence-electron chi connectivity index (χ1n) is 6.30. The van der Waals surface area contributed by atoms with Crippen LogP contribution in [-0.4, -0.2) is 31.4 Å². The van der Waals surface area contributed by atoms with Gasteiger partial charge in [0.15, 0.2) is 0 Å². The monoisotopic (exact) mass is 470 g/mol. The van der Waals surface area contributed by atoms with Gasteiger partial charge in [0.05, 0.1) is 13.2 Å². The molecule has 4 heteroatoms. The zero-order valence-electron chi connectivity index (χ0n) is 11.1. The summed E-state index contributed by atoms with van der Waals surface area (Å²) >= 11 is 0. The number of fused-ring (bicyclic) bond motifs is 1. The fraction of sp³-hybridized carbons (Fsp3) is 0.333. The third kappa shape index (κ3) is 3.24. The van der Waals surface area contributed by atoms with Crippen LogP contribution < -0.4 is 4.90 Å². The van der Waals surface area contributed by atoms with Crippen molar-refractivity contribution in [1.29, 1.82) is 0 Å². The number of ether oxygens (including phenoxy) is 1. The fourth-order valence-electron chi connectivity index (χ4n) is 2.49. The van der Waals surface area contributed by atoms with E-state index in [9.17, 15) is 5.11 Å². The Morgan fingerprint density at radius 3 is 2.58 bits per heavy atom. The molecule has 97 valence electrons. The summed E-state index contributed by atoms with van der Waals surface area (Å²) in [5.74, 6) is 0.361. The summed E-state index contributed by atoms with van der Waals surface area (Å²) in [6.07, 6.45) is 0. The second-order valence-corrected chi connectivity index (χ2v) is 4.79. The van der Waals surface area contributed by atoms with Gasteiger partial charge >= 0.3 is 0 Å². The van der Waals surface area contributed by atoms with Crippen molar-refractivity contribution in [3.63, 3.8) is 0 Å². The summed E-state index contributed by atoms with van der Waals surface area (Å²) in [6.45, 7) is 5.38. The Morgan fingerprint density at radius 1 is 1.11 bits per heavy atom. The largest absolute Gasteiger partial charge is 0.507 e. The second kappa shape index (κ2) is 6.43. The van der Waals surface area contributed by atoms with Gasteiger partial charge < -0.3 is 14.7 Å². The number of hydrogen-bond donors (Lipinski definition) is 1. The Morgan fingerprint density at radius 2 is 1.84 bits per heavy atom. The molecule has 0 saturated carbocycles. The number of morpholine rings is 1. The van der Waals surface area contributed by atoms with Gasteiger partial charge in [-0.3, -0.25) is 0 Å². The van der Waals surface area contributed by atoms with Gasteiger partial charge in [-0.05, 0) is 36.1 Å². The molecule has 0 bridgehead atoms. The molecule has 0 atom stereocenters. The van der Waals surface area contributed by atoms with Gasteiger partial charge in [-0.2, -0.15) is 0 Å². The van der Waals surface area contributed by atoms with Crippen LogP contribution in [0.1, 0.15) is 5.56 Å². The number of phenols is 1. The first kappa shape index (κ1) is 15.1. The molecule has 3 nitrogen and oxygen atoms in total. The minimum Gasteiger partial charge on any atom is -0.507 e. The van der Waals surface area contributed by atoms with Crippen LogP contribution in [0.2, 0.25) is 0 Å². The van der Waals surface area contributed by atoms with E-state index in [-0.39, 0.29) is 44.1 Å². The molecule has 1 N–H and O–H groups in total. The fourth-order valence-corrected chi connectivity index (χ4v) is 2.49. The molecule has 0 spiro atoms. The molecule has 0 aliphatic carbocycles. The number of anilines is 1. The normalized spacial score (nSPS) is 15.3. The summed E-state index contributed by atoms with van der Waals surface area (Å²) in [6, 6.07) is 10.2. The van der Waals surface area contributed by atoms with Crippen LogP contribution in [0, 0.1) is 51.0 Å². The summed E-state index contributed by atoms with van der Waals surface area (Å²) in [5.41, 5.74) is 2.24. The van der Waals surface area contributed by atoms with E-state index in [4.69, 9.17) is 4.74 Å². The van der Waals surface area contributed by atoms with Crippen LogP contribution in [-0.2, 0) is 4.74 Å². The first-order chi connectivity index (χ1) is 8.74. The average Bonchev–Trinajstić information content (AvgIpc) is 2.39. The predicted octanol–water partition coefficient (Wildman–Crippen LogP) is 2.69. The van der Waals surface area contributed by atoms with Crippen molar-refractivity contribution in [2.24, 2.45) is 0 Å². The number of aryl methyl sites for hydroxylation is 1. The van der Waals surface area contributed by atoms with E-state index < -0.39 is 0 Å². The molecule has 2 aromatic rings. The molecule has 1 aliphatic rings. The van der Waals surface area contributed by atoms with Gasteiger partial charge in [0.25, 0.3) is 0 Å². The molecule has 1 fully saturated rings. The van der Waals surface area contributed by atoms with E-state index in [2.05, 4.69) is 29.2 Å². The summed E-state index contributed by atoms with van der Waals surface area (Å²) in [5, 5.41) is 12.0. The Hall–Kier alpha value is -0.298. The molecule has 0 aromatic heterocycles. The molecule has 3 rings (SSSR count). The van der Waals surface area contributed by atoms with Gasteiger partial charge in [0, 0.05) is 68.2 Å². The smallest absolute Gasteiger partial charge is 0.123 e. The van der Waals surface area contributed by atoms with Crippen molar-refractivity contribution in [2.75, 3.05) is 31.2 Å². The molecule has 1 aliphatic heterocycles. The van der Waals surface area contributed by atoms with Crippen molar-refractivity contribution in [1.82, 2.24) is 0 Å². The molecule has 2 aromatic carbocycles. The Labute approximate surface area is 149 Å². The number of rotatable bonds is 1. The number of hydrogen-bond acceptors (Lipinski definition) is 3. The number of nitrogens with zero attached hydrogens (tertiary/aromatic N) is 1. The predicted molar refractivity (Wildman–Crippen MR) is 73.4 cm³/mol. The van der Waals surface area contributed by atoms with E-state index in [0.717, 1.165) is 48.3 Å². The standard InChI is InChI=1S/C15H17NO2.Ac/c1-11-8-12-2-3-13(10-14(12)15(17)9-11)16-4-6-18-7-5-16;/h2-3,8-10,17H,4-7H2,1H3;. The van der Waals surface area contributed by atoms with Gasteiger partial charge in [-0.25, -0.2) is 0 Å². The van der Waals surface area contributed by atoms with Crippen molar-refractivity contribution < 1.29 is 53.9 Å². The average molecular weight is 470 g/mol. The number of phenolic OH excluding ortho intramolecular Hbond substituents is 1. The van der Waals surface area contributed by atoms with E-state index in [1.807, 2.05) is 13.0 Å². The van der Waals surface area contributed by atoms with E-state index in [0.29, 0.717) is 5.75 Å². The molecule has 19 heavy (non-hydrogen) atoms. The summed E-state index contributed by atoms with van der Waals surface area (Å²) in [4.78, 5) is 2.29. The maximum atomic E-state index is 10.0. The van der Waals surface area contributed by atoms with Crippen LogP contribution in [0.5, 0.6) is 5.75 Å². The second-order valence-electron chi connectivity index (χ2n) is 4.79. The van der Waals surface area contributed by atoms with Crippen molar-refractivity contribution in [3.05, 3.63) is 35.9 Å². The molecule has 0 amide bonds. The molecular formula is C15H17AcNO2. The SMILES string of the molecule is Cc1cc(O)c2cc(N3CCOCC3)ccc2c1.[Ac]. The minimum absolute atomic E-state index is 0. The molecule has 0 unspecified atom stereocenters. The van der Waals surface area contributed by atoms with Crippen molar-refractivity contribution >= 4 is 16.5 Å². The van der Waals surface area contributed by atoms with Gasteiger partial charge in [-0.15, -0.1) is 0 Å². The number of benzene rings is 2. The molecule has 1 saturated heterocycles. The summed E-state index contributed by atoms with van der Waals surface area (Å²) in [7, 11) is 0. The molecular weight excluding hydrogens is 453 g/mol. The zero-order chi connectivity index (χ0) is 12.5. The van der Waals surface area contributed by atoms with E-state index in [1.165, 1.54) is 0 Å². The van der Waals surface area contributed by atoms with Crippen molar-refractivity contribution in [2.45, 2.75) is 6.92 Å². The van der Waals surface area contributed by atoms with Crippen LogP contribution in [0.25, 0.3) is 10.8 Å². The van der Waals surface area contributed by atoms with Gasteiger partial charge in [-0.1, -0.05) is 12.1 Å². The van der Waals surface area contributed by atoms with Crippen LogP contribution in [0.15, 0.2) is 30.3 Å². The topological polar surface area (TPSA) is 32.7 Å². The zero-order valence-corrected chi connectivity index (χ0v) is 15.8. The maximum absolute atomic E-state index is 10.0. The molecule has 1 radical (unpaired) electrons. The summed E-state index contributed by atoms with van der Waals surface area (Å²) < 4.78 is 5.36. The maximum Gasteiger partial charge on any atom is 0.123 e. The van der Waals surface area contributed by atoms with E-state index in [1.54, 1.807) is 0 Å². The molecule has 1 heterocycles. The van der Waals surface area contributed by atoms with Gasteiger partial charge in [0.2, 0.25) is 0 Å². The third-order valence-corrected chi connectivity index (χ3v) is 3.44. The third-order valence-electron chi connectivity index (χ3n) is 3.44. The Bertz CT molecular complexity index is 580. The van der Waals surface area contributed by atoms with Crippen molar-refractivity contribution in [3.8, 4) is 5.75 Å². The van der Waals surface area contributed by atoms with Crippen LogP contribution in [0.4, 0.5) is 5.69 Å². The number of aromatic hydroxyl groups is 1. The Kier molecular flexibility index (Phi) is 5.11. The van der Waals surface area contributed by atoms with Crippen LogP contribution >= 0.6 is 0 Å². The van der Waals surface area contributed by atoms with Crippen LogP contribution in [0.3, 0.4) is 0 Å². The quantitative estimate of drug-likeness (QED) is 0.696.